The van der Waals surface area contributed by atoms with Gasteiger partial charge in [0.1, 0.15) is 0 Å². The lowest BCUT2D eigenvalue weighted by atomic mass is 10.0. The van der Waals surface area contributed by atoms with Gasteiger partial charge in [-0.05, 0) is 37.5 Å². The minimum Gasteiger partial charge on any atom is -0.307 e. The first kappa shape index (κ1) is 15.8. The molecule has 0 amide bonds. The molecule has 0 bridgehead atoms. The van der Waals surface area contributed by atoms with Gasteiger partial charge < -0.3 is 5.32 Å². The SMILES string of the molecule is CCCC(CCC)NC(C)c1ccc(Cl)cc1Cl. The number of rotatable bonds is 7. The standard InChI is InChI=1S/C15H23Cl2N/c1-4-6-13(7-5-2)18-11(3)14-9-8-12(16)10-15(14)17/h8-11,13,18H,4-7H2,1-3H3. The van der Waals surface area contributed by atoms with E-state index in [-0.39, 0.29) is 6.04 Å². The van der Waals surface area contributed by atoms with Crippen molar-refractivity contribution >= 4 is 23.2 Å². The predicted molar refractivity (Wildman–Crippen MR) is 81.6 cm³/mol. The number of hydrogen-bond donors (Lipinski definition) is 1. The lowest BCUT2D eigenvalue weighted by Crippen LogP contribution is -2.31. The second kappa shape index (κ2) is 8.04. The third kappa shape index (κ3) is 4.79. The highest BCUT2D eigenvalue weighted by Crippen LogP contribution is 2.26. The fraction of sp³-hybridized carbons (Fsp3) is 0.600. The number of nitrogens with one attached hydrogen (secondary N) is 1. The summed E-state index contributed by atoms with van der Waals surface area (Å²) in [6.45, 7) is 6.61. The van der Waals surface area contributed by atoms with Gasteiger partial charge in [-0.1, -0.05) is 56.0 Å². The van der Waals surface area contributed by atoms with Crippen molar-refractivity contribution < 1.29 is 0 Å². The lowest BCUT2D eigenvalue weighted by molar-refractivity contribution is 0.402. The molecule has 18 heavy (non-hydrogen) atoms. The number of hydrogen-bond acceptors (Lipinski definition) is 1. The predicted octanol–water partition coefficient (Wildman–Crippen LogP) is 5.61. The maximum atomic E-state index is 6.24. The van der Waals surface area contributed by atoms with Crippen LogP contribution in [-0.2, 0) is 0 Å². The molecule has 1 N–H and O–H groups in total. The molecule has 0 heterocycles. The van der Waals surface area contributed by atoms with Crippen LogP contribution in [0.5, 0.6) is 0 Å². The number of benzene rings is 1. The van der Waals surface area contributed by atoms with Gasteiger partial charge in [0.2, 0.25) is 0 Å². The van der Waals surface area contributed by atoms with Crippen LogP contribution in [0.4, 0.5) is 0 Å². The Bertz CT molecular complexity index is 360. The summed E-state index contributed by atoms with van der Waals surface area (Å²) >= 11 is 12.2. The highest BCUT2D eigenvalue weighted by atomic mass is 35.5. The van der Waals surface area contributed by atoms with E-state index in [1.54, 1.807) is 0 Å². The molecule has 1 aromatic rings. The molecule has 0 fully saturated rings. The highest BCUT2D eigenvalue weighted by molar-refractivity contribution is 6.35. The molecule has 0 aliphatic carbocycles. The monoisotopic (exact) mass is 287 g/mol. The van der Waals surface area contributed by atoms with Crippen LogP contribution < -0.4 is 5.32 Å². The lowest BCUT2D eigenvalue weighted by Gasteiger charge is -2.23. The van der Waals surface area contributed by atoms with Gasteiger partial charge in [-0.3, -0.25) is 0 Å². The van der Waals surface area contributed by atoms with E-state index in [4.69, 9.17) is 23.2 Å². The molecule has 1 rings (SSSR count). The maximum Gasteiger partial charge on any atom is 0.0468 e. The zero-order valence-electron chi connectivity index (χ0n) is 11.5. The highest BCUT2D eigenvalue weighted by Gasteiger charge is 2.14. The molecule has 0 aliphatic rings. The summed E-state index contributed by atoms with van der Waals surface area (Å²) in [5, 5.41) is 5.10. The minimum absolute atomic E-state index is 0.262. The van der Waals surface area contributed by atoms with Crippen molar-refractivity contribution in [3.05, 3.63) is 33.8 Å². The number of halogens is 2. The van der Waals surface area contributed by atoms with E-state index in [0.29, 0.717) is 11.1 Å². The second-order valence-corrected chi connectivity index (χ2v) is 5.67. The summed E-state index contributed by atoms with van der Waals surface area (Å²) in [6, 6.07) is 6.55. The van der Waals surface area contributed by atoms with E-state index in [1.165, 1.54) is 25.7 Å². The van der Waals surface area contributed by atoms with E-state index >= 15 is 0 Å². The van der Waals surface area contributed by atoms with Crippen LogP contribution in [0.25, 0.3) is 0 Å². The first-order valence-corrected chi connectivity index (χ1v) is 7.55. The Morgan fingerprint density at radius 1 is 1.11 bits per heavy atom. The molecule has 3 heteroatoms. The molecule has 0 saturated heterocycles. The Morgan fingerprint density at radius 3 is 2.22 bits per heavy atom. The topological polar surface area (TPSA) is 12.0 Å². The van der Waals surface area contributed by atoms with Crippen LogP contribution >= 0.6 is 23.2 Å². The van der Waals surface area contributed by atoms with E-state index in [2.05, 4.69) is 26.1 Å². The van der Waals surface area contributed by atoms with Gasteiger partial charge in [-0.15, -0.1) is 0 Å². The molecular formula is C15H23Cl2N. The third-order valence-corrected chi connectivity index (χ3v) is 3.75. The smallest absolute Gasteiger partial charge is 0.0468 e. The summed E-state index contributed by atoms with van der Waals surface area (Å²) in [4.78, 5) is 0. The van der Waals surface area contributed by atoms with Crippen molar-refractivity contribution in [2.24, 2.45) is 0 Å². The van der Waals surface area contributed by atoms with Gasteiger partial charge in [0, 0.05) is 22.1 Å². The Morgan fingerprint density at radius 2 is 1.72 bits per heavy atom. The van der Waals surface area contributed by atoms with Gasteiger partial charge in [0.15, 0.2) is 0 Å². The maximum absolute atomic E-state index is 6.24. The summed E-state index contributed by atoms with van der Waals surface area (Å²) in [5.74, 6) is 0. The van der Waals surface area contributed by atoms with Gasteiger partial charge in [0.25, 0.3) is 0 Å². The summed E-state index contributed by atoms with van der Waals surface area (Å²) in [7, 11) is 0. The van der Waals surface area contributed by atoms with Crippen LogP contribution in [0.3, 0.4) is 0 Å². The van der Waals surface area contributed by atoms with Gasteiger partial charge in [-0.25, -0.2) is 0 Å². The zero-order chi connectivity index (χ0) is 13.5. The molecule has 0 spiro atoms. The van der Waals surface area contributed by atoms with E-state index < -0.39 is 0 Å². The zero-order valence-corrected chi connectivity index (χ0v) is 13.0. The normalized spacial score (nSPS) is 13.0. The quantitative estimate of drug-likeness (QED) is 0.687. The fourth-order valence-electron chi connectivity index (χ4n) is 2.30. The Kier molecular flexibility index (Phi) is 7.06. The molecule has 1 atom stereocenters. The largest absolute Gasteiger partial charge is 0.307 e. The molecule has 0 aliphatic heterocycles. The average molecular weight is 288 g/mol. The third-order valence-electron chi connectivity index (χ3n) is 3.19. The van der Waals surface area contributed by atoms with Gasteiger partial charge in [0.05, 0.1) is 0 Å². The molecule has 102 valence electrons. The molecule has 0 aromatic heterocycles. The van der Waals surface area contributed by atoms with Crippen molar-refractivity contribution in [1.82, 2.24) is 5.32 Å². The summed E-state index contributed by atoms with van der Waals surface area (Å²) in [6.07, 6.45) is 4.84. The fourth-order valence-corrected chi connectivity index (χ4v) is 2.88. The minimum atomic E-state index is 0.262. The van der Waals surface area contributed by atoms with Crippen molar-refractivity contribution in [2.75, 3.05) is 0 Å². The van der Waals surface area contributed by atoms with Crippen molar-refractivity contribution in [2.45, 2.75) is 58.5 Å². The molecule has 1 unspecified atom stereocenters. The van der Waals surface area contributed by atoms with Crippen molar-refractivity contribution in [3.8, 4) is 0 Å². The van der Waals surface area contributed by atoms with Gasteiger partial charge >= 0.3 is 0 Å². The van der Waals surface area contributed by atoms with Crippen LogP contribution in [0, 0.1) is 0 Å². The average Bonchev–Trinajstić information content (AvgIpc) is 2.29. The van der Waals surface area contributed by atoms with E-state index in [0.717, 1.165) is 10.6 Å². The van der Waals surface area contributed by atoms with Crippen LogP contribution in [0.15, 0.2) is 18.2 Å². The molecule has 1 nitrogen and oxygen atoms in total. The van der Waals surface area contributed by atoms with Crippen LogP contribution in [-0.4, -0.2) is 6.04 Å². The van der Waals surface area contributed by atoms with Crippen LogP contribution in [0.2, 0.25) is 10.0 Å². The van der Waals surface area contributed by atoms with Gasteiger partial charge in [-0.2, -0.15) is 0 Å². The first-order chi connectivity index (χ1) is 8.58. The summed E-state index contributed by atoms with van der Waals surface area (Å²) < 4.78 is 0. The van der Waals surface area contributed by atoms with E-state index in [9.17, 15) is 0 Å². The Labute approximate surface area is 121 Å². The Hall–Kier alpha value is -0.240. The van der Waals surface area contributed by atoms with E-state index in [1.807, 2.05) is 18.2 Å². The second-order valence-electron chi connectivity index (χ2n) is 4.83. The summed E-state index contributed by atoms with van der Waals surface area (Å²) in [5.41, 5.74) is 1.12. The van der Waals surface area contributed by atoms with Crippen LogP contribution in [0.1, 0.15) is 58.1 Å². The van der Waals surface area contributed by atoms with Crippen molar-refractivity contribution in [1.29, 1.82) is 0 Å². The molecule has 0 saturated carbocycles. The van der Waals surface area contributed by atoms with Crippen molar-refractivity contribution in [3.63, 3.8) is 0 Å². The molecular weight excluding hydrogens is 265 g/mol. The molecule has 1 aromatic carbocycles. The molecule has 0 radical (unpaired) electrons. The Balaban J connectivity index is 2.70. The first-order valence-electron chi connectivity index (χ1n) is 6.79.